The second-order valence-corrected chi connectivity index (χ2v) is 4.65. The fourth-order valence-electron chi connectivity index (χ4n) is 1.66. The van der Waals surface area contributed by atoms with E-state index in [4.69, 9.17) is 9.47 Å². The van der Waals surface area contributed by atoms with Crippen molar-refractivity contribution in [1.82, 2.24) is 14.6 Å². The van der Waals surface area contributed by atoms with Gasteiger partial charge in [-0.15, -0.1) is 0 Å². The van der Waals surface area contributed by atoms with Gasteiger partial charge in [0, 0.05) is 18.3 Å². The molecule has 2 aromatic heterocycles. The van der Waals surface area contributed by atoms with Crippen LogP contribution in [-0.4, -0.2) is 21.7 Å². The zero-order valence-corrected chi connectivity index (χ0v) is 11.7. The lowest BCUT2D eigenvalue weighted by atomic mass is 10.3. The number of hydrogen-bond acceptors (Lipinski definition) is 4. The first-order chi connectivity index (χ1) is 9.26. The largest absolute Gasteiger partial charge is 0.497 e. The van der Waals surface area contributed by atoms with E-state index in [0.717, 1.165) is 15.9 Å². The number of aromatic nitrogens is 3. The predicted molar refractivity (Wildman–Crippen MR) is 73.8 cm³/mol. The monoisotopic (exact) mass is 319 g/mol. The molecular formula is C13H10BrN3O2. The highest BCUT2D eigenvalue weighted by atomic mass is 79.9. The first-order valence-electron chi connectivity index (χ1n) is 5.58. The Bertz CT molecular complexity index is 727. The van der Waals surface area contributed by atoms with E-state index in [0.29, 0.717) is 11.6 Å². The highest BCUT2D eigenvalue weighted by Gasteiger charge is 2.06. The summed E-state index contributed by atoms with van der Waals surface area (Å²) < 4.78 is 13.4. The Labute approximate surface area is 117 Å². The smallest absolute Gasteiger partial charge is 0.222 e. The minimum absolute atomic E-state index is 0.513. The summed E-state index contributed by atoms with van der Waals surface area (Å²) in [5.41, 5.74) is 0.738. The van der Waals surface area contributed by atoms with Crippen molar-refractivity contribution < 1.29 is 9.47 Å². The number of ether oxygens (including phenoxy) is 2. The zero-order chi connectivity index (χ0) is 13.2. The average molecular weight is 320 g/mol. The Morgan fingerprint density at radius 1 is 1.21 bits per heavy atom. The molecule has 0 fully saturated rings. The topological polar surface area (TPSA) is 48.7 Å². The molecule has 0 aliphatic heterocycles. The maximum Gasteiger partial charge on any atom is 0.222 e. The van der Waals surface area contributed by atoms with Gasteiger partial charge in [0.05, 0.1) is 17.8 Å². The molecule has 0 bridgehead atoms. The normalized spacial score (nSPS) is 10.6. The third-order valence-corrected chi connectivity index (χ3v) is 3.21. The first-order valence-corrected chi connectivity index (χ1v) is 6.37. The maximum absolute atomic E-state index is 5.73. The fraction of sp³-hybridized carbons (Fsp3) is 0.0769. The van der Waals surface area contributed by atoms with Gasteiger partial charge in [0.25, 0.3) is 0 Å². The van der Waals surface area contributed by atoms with Gasteiger partial charge < -0.3 is 9.47 Å². The van der Waals surface area contributed by atoms with Crippen molar-refractivity contribution in [2.24, 2.45) is 0 Å². The molecule has 1 aromatic carbocycles. The molecule has 0 saturated heterocycles. The molecule has 3 aromatic rings. The Kier molecular flexibility index (Phi) is 3.08. The van der Waals surface area contributed by atoms with Crippen LogP contribution in [0.5, 0.6) is 17.4 Å². The van der Waals surface area contributed by atoms with E-state index in [1.54, 1.807) is 30.1 Å². The van der Waals surface area contributed by atoms with E-state index in [2.05, 4.69) is 26.0 Å². The molecule has 6 heteroatoms. The van der Waals surface area contributed by atoms with Gasteiger partial charge in [0.1, 0.15) is 11.5 Å². The third-order valence-electron chi connectivity index (χ3n) is 2.59. The Balaban J connectivity index is 1.91. The summed E-state index contributed by atoms with van der Waals surface area (Å²) in [6.45, 7) is 0. The van der Waals surface area contributed by atoms with E-state index in [9.17, 15) is 0 Å². The number of nitrogens with zero attached hydrogens (tertiary/aromatic N) is 3. The number of rotatable bonds is 3. The molecule has 5 nitrogen and oxygen atoms in total. The van der Waals surface area contributed by atoms with Crippen molar-refractivity contribution in [2.75, 3.05) is 7.11 Å². The molecule has 96 valence electrons. The van der Waals surface area contributed by atoms with Crippen LogP contribution in [0.3, 0.4) is 0 Å². The molecule has 0 radical (unpaired) electrons. The van der Waals surface area contributed by atoms with Crippen molar-refractivity contribution in [2.45, 2.75) is 0 Å². The van der Waals surface area contributed by atoms with Crippen molar-refractivity contribution in [3.05, 3.63) is 47.2 Å². The van der Waals surface area contributed by atoms with Gasteiger partial charge in [-0.1, -0.05) is 0 Å². The third kappa shape index (κ3) is 2.39. The van der Waals surface area contributed by atoms with Gasteiger partial charge in [0.15, 0.2) is 5.65 Å². The van der Waals surface area contributed by atoms with Crippen LogP contribution < -0.4 is 9.47 Å². The molecule has 0 N–H and O–H groups in total. The van der Waals surface area contributed by atoms with Gasteiger partial charge in [-0.05, 0) is 34.1 Å². The lowest BCUT2D eigenvalue weighted by Gasteiger charge is -2.08. The second kappa shape index (κ2) is 4.89. The van der Waals surface area contributed by atoms with Crippen LogP contribution in [-0.2, 0) is 0 Å². The van der Waals surface area contributed by atoms with Crippen LogP contribution in [0.4, 0.5) is 0 Å². The number of methoxy groups -OCH3 is 1. The van der Waals surface area contributed by atoms with Gasteiger partial charge in [0.2, 0.25) is 5.88 Å². The SMILES string of the molecule is COc1ccc(Oc2ccn3nccc3n2)c(Br)c1. The number of fused-ring (bicyclic) bond motifs is 1. The van der Waals surface area contributed by atoms with Gasteiger partial charge >= 0.3 is 0 Å². The zero-order valence-electron chi connectivity index (χ0n) is 10.1. The van der Waals surface area contributed by atoms with Gasteiger partial charge in [-0.3, -0.25) is 0 Å². The molecule has 0 atom stereocenters. The molecule has 0 aliphatic carbocycles. The number of hydrogen-bond donors (Lipinski definition) is 0. The molecule has 3 rings (SSSR count). The molecule has 0 unspecified atom stereocenters. The average Bonchev–Trinajstić information content (AvgIpc) is 2.88. The molecule has 0 saturated carbocycles. The minimum Gasteiger partial charge on any atom is -0.497 e. The van der Waals surface area contributed by atoms with Crippen molar-refractivity contribution in [3.8, 4) is 17.4 Å². The van der Waals surface area contributed by atoms with E-state index in [1.807, 2.05) is 24.3 Å². The molecule has 0 aliphatic rings. The standard InChI is InChI=1S/C13H10BrN3O2/c1-18-9-2-3-11(10(14)8-9)19-13-5-7-17-12(16-13)4-6-15-17/h2-8H,1H3. The Hall–Kier alpha value is -2.08. The summed E-state index contributed by atoms with van der Waals surface area (Å²) in [4.78, 5) is 4.34. The minimum atomic E-state index is 0.513. The Morgan fingerprint density at radius 3 is 2.89 bits per heavy atom. The maximum atomic E-state index is 5.73. The van der Waals surface area contributed by atoms with Crippen LogP contribution >= 0.6 is 15.9 Å². The summed E-state index contributed by atoms with van der Waals surface area (Å²) in [5.74, 6) is 1.95. The van der Waals surface area contributed by atoms with Crippen LogP contribution in [0.15, 0.2) is 47.2 Å². The summed E-state index contributed by atoms with van der Waals surface area (Å²) in [6, 6.07) is 9.07. The van der Waals surface area contributed by atoms with E-state index < -0.39 is 0 Å². The van der Waals surface area contributed by atoms with Crippen LogP contribution in [0.2, 0.25) is 0 Å². The predicted octanol–water partition coefficient (Wildman–Crippen LogP) is 3.29. The first kappa shape index (κ1) is 12.0. The summed E-state index contributed by atoms with van der Waals surface area (Å²) in [5, 5.41) is 4.08. The molecule has 0 spiro atoms. The lowest BCUT2D eigenvalue weighted by Crippen LogP contribution is -1.93. The molecule has 19 heavy (non-hydrogen) atoms. The van der Waals surface area contributed by atoms with Crippen LogP contribution in [0.25, 0.3) is 5.65 Å². The quantitative estimate of drug-likeness (QED) is 0.743. The number of halogens is 1. The van der Waals surface area contributed by atoms with Gasteiger partial charge in [-0.2, -0.15) is 10.1 Å². The van der Waals surface area contributed by atoms with E-state index >= 15 is 0 Å². The summed E-state index contributed by atoms with van der Waals surface area (Å²) >= 11 is 3.44. The van der Waals surface area contributed by atoms with E-state index in [-0.39, 0.29) is 0 Å². The van der Waals surface area contributed by atoms with Gasteiger partial charge in [-0.25, -0.2) is 4.52 Å². The lowest BCUT2D eigenvalue weighted by molar-refractivity contribution is 0.411. The molecule has 0 amide bonds. The van der Waals surface area contributed by atoms with Crippen molar-refractivity contribution >= 4 is 21.6 Å². The number of benzene rings is 1. The Morgan fingerprint density at radius 2 is 2.11 bits per heavy atom. The molecule has 2 heterocycles. The van der Waals surface area contributed by atoms with Crippen LogP contribution in [0, 0.1) is 0 Å². The fourth-order valence-corrected chi connectivity index (χ4v) is 2.09. The highest BCUT2D eigenvalue weighted by molar-refractivity contribution is 9.10. The molecular weight excluding hydrogens is 310 g/mol. The second-order valence-electron chi connectivity index (χ2n) is 3.80. The summed E-state index contributed by atoms with van der Waals surface area (Å²) in [6.07, 6.45) is 3.49. The van der Waals surface area contributed by atoms with Crippen molar-refractivity contribution in [3.63, 3.8) is 0 Å². The van der Waals surface area contributed by atoms with Crippen molar-refractivity contribution in [1.29, 1.82) is 0 Å². The van der Waals surface area contributed by atoms with Crippen LogP contribution in [0.1, 0.15) is 0 Å². The summed E-state index contributed by atoms with van der Waals surface area (Å²) in [7, 11) is 1.62. The van der Waals surface area contributed by atoms with E-state index in [1.165, 1.54) is 0 Å². The highest BCUT2D eigenvalue weighted by Crippen LogP contribution is 2.32.